The third-order valence-corrected chi connectivity index (χ3v) is 2.59. The molecule has 86 valence electrons. The zero-order chi connectivity index (χ0) is 11.7. The van der Waals surface area contributed by atoms with Crippen molar-refractivity contribution in [2.75, 3.05) is 14.2 Å². The Labute approximate surface area is 94.8 Å². The SMILES string of the molecule is COc1ccc(OC)c2nn(C(C)C)cc12. The zero-order valence-corrected chi connectivity index (χ0v) is 10.0. The number of ether oxygens (including phenoxy) is 2. The predicted octanol–water partition coefficient (Wildman–Crippen LogP) is 2.63. The number of benzene rings is 1. The maximum Gasteiger partial charge on any atom is 0.147 e. The fraction of sp³-hybridized carbons (Fsp3) is 0.417. The van der Waals surface area contributed by atoms with Crippen LogP contribution in [0.5, 0.6) is 11.5 Å². The molecule has 0 saturated carbocycles. The quantitative estimate of drug-likeness (QED) is 0.797. The number of hydrogen-bond donors (Lipinski definition) is 0. The van der Waals surface area contributed by atoms with E-state index < -0.39 is 0 Å². The number of nitrogens with zero attached hydrogens (tertiary/aromatic N) is 2. The Balaban J connectivity index is 2.70. The molecule has 0 aliphatic carbocycles. The summed E-state index contributed by atoms with van der Waals surface area (Å²) in [5, 5.41) is 5.49. The van der Waals surface area contributed by atoms with Crippen molar-refractivity contribution in [2.45, 2.75) is 19.9 Å². The molecule has 0 amide bonds. The molecule has 0 fully saturated rings. The molecule has 0 spiro atoms. The van der Waals surface area contributed by atoms with Gasteiger partial charge in [0.25, 0.3) is 0 Å². The highest BCUT2D eigenvalue weighted by molar-refractivity contribution is 5.89. The first-order chi connectivity index (χ1) is 7.67. The summed E-state index contributed by atoms with van der Waals surface area (Å²) in [5.74, 6) is 1.60. The monoisotopic (exact) mass is 220 g/mol. The molecular formula is C12H16N2O2. The molecule has 0 unspecified atom stereocenters. The highest BCUT2D eigenvalue weighted by atomic mass is 16.5. The lowest BCUT2D eigenvalue weighted by Crippen LogP contribution is -2.00. The van der Waals surface area contributed by atoms with Crippen molar-refractivity contribution in [2.24, 2.45) is 0 Å². The first-order valence-electron chi connectivity index (χ1n) is 5.27. The average Bonchev–Trinajstić information content (AvgIpc) is 2.72. The van der Waals surface area contributed by atoms with Gasteiger partial charge < -0.3 is 9.47 Å². The summed E-state index contributed by atoms with van der Waals surface area (Å²) in [6, 6.07) is 4.09. The fourth-order valence-electron chi connectivity index (χ4n) is 1.68. The summed E-state index contributed by atoms with van der Waals surface area (Å²) in [6.45, 7) is 4.18. The smallest absolute Gasteiger partial charge is 0.147 e. The lowest BCUT2D eigenvalue weighted by molar-refractivity contribution is 0.410. The molecule has 4 heteroatoms. The van der Waals surface area contributed by atoms with E-state index in [-0.39, 0.29) is 0 Å². The van der Waals surface area contributed by atoms with Gasteiger partial charge >= 0.3 is 0 Å². The highest BCUT2D eigenvalue weighted by Gasteiger charge is 2.12. The minimum absolute atomic E-state index is 0.321. The van der Waals surface area contributed by atoms with E-state index in [0.717, 1.165) is 22.4 Å². The first kappa shape index (κ1) is 10.8. The van der Waals surface area contributed by atoms with Gasteiger partial charge in [0.15, 0.2) is 0 Å². The Hall–Kier alpha value is -1.71. The van der Waals surface area contributed by atoms with E-state index in [0.29, 0.717) is 6.04 Å². The van der Waals surface area contributed by atoms with Crippen molar-refractivity contribution in [1.29, 1.82) is 0 Å². The van der Waals surface area contributed by atoms with Crippen LogP contribution in [0.4, 0.5) is 0 Å². The van der Waals surface area contributed by atoms with Gasteiger partial charge in [-0.1, -0.05) is 0 Å². The van der Waals surface area contributed by atoms with Crippen LogP contribution in [0.15, 0.2) is 18.3 Å². The summed E-state index contributed by atoms with van der Waals surface area (Å²) >= 11 is 0. The van der Waals surface area contributed by atoms with Gasteiger partial charge in [-0.05, 0) is 26.0 Å². The Kier molecular flexibility index (Phi) is 2.73. The van der Waals surface area contributed by atoms with E-state index in [1.807, 2.05) is 23.0 Å². The van der Waals surface area contributed by atoms with Gasteiger partial charge in [0.05, 0.1) is 19.6 Å². The van der Waals surface area contributed by atoms with Crippen LogP contribution in [0.3, 0.4) is 0 Å². The van der Waals surface area contributed by atoms with Gasteiger partial charge in [-0.15, -0.1) is 0 Å². The topological polar surface area (TPSA) is 36.3 Å². The van der Waals surface area contributed by atoms with Crippen molar-refractivity contribution >= 4 is 10.9 Å². The van der Waals surface area contributed by atoms with Crippen LogP contribution in [0.25, 0.3) is 10.9 Å². The van der Waals surface area contributed by atoms with Crippen molar-refractivity contribution in [1.82, 2.24) is 9.78 Å². The second-order valence-electron chi connectivity index (χ2n) is 3.94. The van der Waals surface area contributed by atoms with E-state index >= 15 is 0 Å². The molecule has 1 aromatic carbocycles. The van der Waals surface area contributed by atoms with Crippen molar-refractivity contribution in [3.05, 3.63) is 18.3 Å². The van der Waals surface area contributed by atoms with Crippen LogP contribution in [0.2, 0.25) is 0 Å². The lowest BCUT2D eigenvalue weighted by atomic mass is 10.2. The Morgan fingerprint density at radius 2 is 1.75 bits per heavy atom. The van der Waals surface area contributed by atoms with Crippen molar-refractivity contribution in [3.63, 3.8) is 0 Å². The minimum atomic E-state index is 0.321. The first-order valence-corrected chi connectivity index (χ1v) is 5.27. The standard InChI is InChI=1S/C12H16N2O2/c1-8(2)14-7-9-10(15-3)5-6-11(16-4)12(9)13-14/h5-8H,1-4H3. The van der Waals surface area contributed by atoms with Crippen LogP contribution < -0.4 is 9.47 Å². The molecule has 4 nitrogen and oxygen atoms in total. The fourth-order valence-corrected chi connectivity index (χ4v) is 1.68. The summed E-state index contributed by atoms with van der Waals surface area (Å²) < 4.78 is 12.5. The van der Waals surface area contributed by atoms with Gasteiger partial charge in [-0.3, -0.25) is 4.68 Å². The molecule has 1 aromatic heterocycles. The number of rotatable bonds is 3. The molecule has 0 N–H and O–H groups in total. The molecule has 0 aliphatic heterocycles. The maximum absolute atomic E-state index is 5.31. The predicted molar refractivity (Wildman–Crippen MR) is 63.2 cm³/mol. The van der Waals surface area contributed by atoms with Gasteiger partial charge in [0.2, 0.25) is 0 Å². The van der Waals surface area contributed by atoms with Gasteiger partial charge in [0, 0.05) is 12.2 Å². The summed E-state index contributed by atoms with van der Waals surface area (Å²) in [6.07, 6.45) is 1.99. The molecule has 0 radical (unpaired) electrons. The van der Waals surface area contributed by atoms with Crippen molar-refractivity contribution < 1.29 is 9.47 Å². The van der Waals surface area contributed by atoms with E-state index in [1.165, 1.54) is 0 Å². The Bertz CT molecular complexity index is 462. The number of fused-ring (bicyclic) bond motifs is 1. The number of hydrogen-bond acceptors (Lipinski definition) is 3. The van der Waals surface area contributed by atoms with E-state index in [4.69, 9.17) is 9.47 Å². The van der Waals surface area contributed by atoms with Crippen LogP contribution in [-0.2, 0) is 0 Å². The van der Waals surface area contributed by atoms with Gasteiger partial charge in [-0.2, -0.15) is 5.10 Å². The molecule has 0 aliphatic rings. The zero-order valence-electron chi connectivity index (χ0n) is 10.0. The lowest BCUT2D eigenvalue weighted by Gasteiger charge is -2.03. The van der Waals surface area contributed by atoms with Gasteiger partial charge in [-0.25, -0.2) is 0 Å². The number of aromatic nitrogens is 2. The second-order valence-corrected chi connectivity index (χ2v) is 3.94. The number of methoxy groups -OCH3 is 2. The summed E-state index contributed by atoms with van der Waals surface area (Å²) in [5.41, 5.74) is 0.843. The average molecular weight is 220 g/mol. The molecule has 2 aromatic rings. The Morgan fingerprint density at radius 3 is 2.31 bits per heavy atom. The molecule has 2 rings (SSSR count). The van der Waals surface area contributed by atoms with E-state index in [9.17, 15) is 0 Å². The van der Waals surface area contributed by atoms with Gasteiger partial charge in [0.1, 0.15) is 17.0 Å². The third-order valence-electron chi connectivity index (χ3n) is 2.59. The second kappa shape index (κ2) is 4.04. The minimum Gasteiger partial charge on any atom is -0.496 e. The van der Waals surface area contributed by atoms with E-state index in [2.05, 4.69) is 18.9 Å². The molecule has 1 heterocycles. The molecule has 16 heavy (non-hydrogen) atoms. The summed E-state index contributed by atoms with van der Waals surface area (Å²) in [7, 11) is 3.31. The molecular weight excluding hydrogens is 204 g/mol. The Morgan fingerprint density at radius 1 is 1.12 bits per heavy atom. The van der Waals surface area contributed by atoms with Crippen molar-refractivity contribution in [3.8, 4) is 11.5 Å². The highest BCUT2D eigenvalue weighted by Crippen LogP contribution is 2.32. The molecule has 0 bridgehead atoms. The third kappa shape index (κ3) is 1.60. The van der Waals surface area contributed by atoms with Crippen LogP contribution in [0.1, 0.15) is 19.9 Å². The maximum atomic E-state index is 5.31. The summed E-state index contributed by atoms with van der Waals surface area (Å²) in [4.78, 5) is 0. The van der Waals surface area contributed by atoms with E-state index in [1.54, 1.807) is 14.2 Å². The largest absolute Gasteiger partial charge is 0.496 e. The molecule has 0 atom stereocenters. The normalized spacial score (nSPS) is 11.1. The van der Waals surface area contributed by atoms with Crippen LogP contribution in [0, 0.1) is 0 Å². The van der Waals surface area contributed by atoms with Crippen LogP contribution in [-0.4, -0.2) is 24.0 Å². The molecule has 0 saturated heterocycles. The van der Waals surface area contributed by atoms with Crippen LogP contribution >= 0.6 is 0 Å².